The predicted molar refractivity (Wildman–Crippen MR) is 78.9 cm³/mol. The Morgan fingerprint density at radius 2 is 1.30 bits per heavy atom. The third-order valence-corrected chi connectivity index (χ3v) is 6.38. The van der Waals surface area contributed by atoms with Crippen molar-refractivity contribution in [2.75, 3.05) is 0 Å². The minimum atomic E-state index is -0.264. The van der Waals surface area contributed by atoms with Crippen LogP contribution < -0.4 is 5.73 Å². The molecule has 4 heteroatoms. The molecule has 20 heavy (non-hydrogen) atoms. The van der Waals surface area contributed by atoms with Crippen molar-refractivity contribution in [3.63, 3.8) is 0 Å². The van der Waals surface area contributed by atoms with Gasteiger partial charge in [-0.05, 0) is 69.1 Å². The van der Waals surface area contributed by atoms with Gasteiger partial charge in [-0.25, -0.2) is 0 Å². The maximum absolute atomic E-state index is 11.4. The third kappa shape index (κ3) is 3.00. The van der Waals surface area contributed by atoms with Crippen LogP contribution in [0.2, 0.25) is 0 Å². The molecular weight excluding hydrogens is 252 g/mol. The summed E-state index contributed by atoms with van der Waals surface area (Å²) in [7, 11) is 0. The molecular formula is C16H28N2O2. The van der Waals surface area contributed by atoms with E-state index < -0.39 is 0 Å². The molecule has 0 aromatic rings. The molecule has 6 saturated carbocycles. The molecule has 0 saturated heterocycles. The van der Waals surface area contributed by atoms with Gasteiger partial charge in [-0.15, -0.1) is 0 Å². The minimum Gasteiger partial charge on any atom is -0.327 e. The first kappa shape index (κ1) is 14.3. The lowest BCUT2D eigenvalue weighted by Crippen LogP contribution is -2.40. The fraction of sp³-hybridized carbons (Fsp3) is 1.00. The lowest BCUT2D eigenvalue weighted by atomic mass is 9.68. The van der Waals surface area contributed by atoms with Gasteiger partial charge in [0.25, 0.3) is 0 Å². The highest BCUT2D eigenvalue weighted by atomic mass is 16.6. The van der Waals surface area contributed by atoms with E-state index >= 15 is 0 Å². The average molecular weight is 280 g/mol. The zero-order chi connectivity index (χ0) is 14.1. The zero-order valence-corrected chi connectivity index (χ0v) is 12.4. The summed E-state index contributed by atoms with van der Waals surface area (Å²) in [6.45, 7) is 0. The van der Waals surface area contributed by atoms with Crippen molar-refractivity contribution in [1.82, 2.24) is 0 Å². The van der Waals surface area contributed by atoms with Gasteiger partial charge >= 0.3 is 0 Å². The normalized spacial score (nSPS) is 45.6. The molecule has 6 aliphatic rings. The number of nitro groups is 1. The van der Waals surface area contributed by atoms with Crippen molar-refractivity contribution in [1.29, 1.82) is 0 Å². The topological polar surface area (TPSA) is 69.2 Å². The Morgan fingerprint density at radius 1 is 0.800 bits per heavy atom. The lowest BCUT2D eigenvalue weighted by Gasteiger charge is -2.38. The minimum absolute atomic E-state index is 0.0204. The molecule has 6 unspecified atom stereocenters. The highest BCUT2D eigenvalue weighted by Crippen LogP contribution is 2.42. The van der Waals surface area contributed by atoms with Crippen LogP contribution in [0.15, 0.2) is 0 Å². The van der Waals surface area contributed by atoms with E-state index in [0.29, 0.717) is 23.8 Å². The lowest BCUT2D eigenvalue weighted by molar-refractivity contribution is -0.537. The van der Waals surface area contributed by atoms with Gasteiger partial charge in [0.2, 0.25) is 6.04 Å². The van der Waals surface area contributed by atoms with Crippen LogP contribution in [0.3, 0.4) is 0 Å². The first-order chi connectivity index (χ1) is 9.63. The largest absolute Gasteiger partial charge is 0.327 e. The molecule has 0 heterocycles. The maximum Gasteiger partial charge on any atom is 0.216 e. The number of nitrogens with zero attached hydrogens (tertiary/aromatic N) is 1. The van der Waals surface area contributed by atoms with Gasteiger partial charge in [0.05, 0.1) is 0 Å². The van der Waals surface area contributed by atoms with E-state index in [1.54, 1.807) is 0 Å². The molecule has 0 spiro atoms. The molecule has 4 nitrogen and oxygen atoms in total. The standard InChI is InChI=1S/C16H28N2O2/c17-15-9-11-1-5-13(15)6-2-12-4-8-14(7-3-11)16(10-12)18(19)20/h11-16H,1-10,17H2. The highest BCUT2D eigenvalue weighted by Gasteiger charge is 2.40. The molecule has 0 aromatic carbocycles. The molecule has 6 atom stereocenters. The second-order valence-corrected chi connectivity index (χ2v) is 7.55. The summed E-state index contributed by atoms with van der Waals surface area (Å²) in [6.07, 6.45) is 11.5. The Hall–Kier alpha value is -0.640. The summed E-state index contributed by atoms with van der Waals surface area (Å²) in [5.41, 5.74) is 6.37. The van der Waals surface area contributed by atoms with Crippen LogP contribution in [-0.2, 0) is 0 Å². The Labute approximate surface area is 121 Å². The summed E-state index contributed by atoms with van der Waals surface area (Å²) in [5, 5.41) is 11.4. The van der Waals surface area contributed by atoms with E-state index in [-0.39, 0.29) is 11.0 Å². The van der Waals surface area contributed by atoms with E-state index in [4.69, 9.17) is 5.73 Å². The van der Waals surface area contributed by atoms with Crippen molar-refractivity contribution >= 4 is 0 Å². The molecule has 4 bridgehead atoms. The molecule has 0 radical (unpaired) electrons. The van der Waals surface area contributed by atoms with Crippen LogP contribution in [0, 0.1) is 33.8 Å². The molecule has 0 aromatic heterocycles. The van der Waals surface area contributed by atoms with Crippen molar-refractivity contribution in [2.24, 2.45) is 29.4 Å². The summed E-state index contributed by atoms with van der Waals surface area (Å²) in [4.78, 5) is 11.4. The molecule has 0 aliphatic heterocycles. The van der Waals surface area contributed by atoms with Crippen molar-refractivity contribution in [3.05, 3.63) is 10.1 Å². The van der Waals surface area contributed by atoms with Crippen molar-refractivity contribution in [2.45, 2.75) is 76.3 Å². The van der Waals surface area contributed by atoms with E-state index in [2.05, 4.69) is 0 Å². The second kappa shape index (κ2) is 6.00. The smallest absolute Gasteiger partial charge is 0.216 e. The van der Waals surface area contributed by atoms with E-state index in [1.165, 1.54) is 38.5 Å². The first-order valence-corrected chi connectivity index (χ1v) is 8.52. The highest BCUT2D eigenvalue weighted by molar-refractivity contribution is 4.88. The van der Waals surface area contributed by atoms with Gasteiger partial charge in [0.15, 0.2) is 0 Å². The van der Waals surface area contributed by atoms with E-state index in [0.717, 1.165) is 31.6 Å². The van der Waals surface area contributed by atoms with Gasteiger partial charge < -0.3 is 5.73 Å². The fourth-order valence-corrected chi connectivity index (χ4v) is 5.03. The van der Waals surface area contributed by atoms with Crippen LogP contribution >= 0.6 is 0 Å². The van der Waals surface area contributed by atoms with Gasteiger partial charge in [-0.3, -0.25) is 10.1 Å². The Bertz CT molecular complexity index is 360. The van der Waals surface area contributed by atoms with E-state index in [9.17, 15) is 10.1 Å². The fourth-order valence-electron chi connectivity index (χ4n) is 5.03. The molecule has 6 fully saturated rings. The first-order valence-electron chi connectivity index (χ1n) is 8.52. The quantitative estimate of drug-likeness (QED) is 0.591. The van der Waals surface area contributed by atoms with Gasteiger partial charge in [0.1, 0.15) is 0 Å². The molecule has 6 aliphatic carbocycles. The molecule has 6 rings (SSSR count). The Morgan fingerprint density at radius 3 is 1.85 bits per heavy atom. The molecule has 2 N–H and O–H groups in total. The van der Waals surface area contributed by atoms with Crippen LogP contribution in [0.1, 0.15) is 64.2 Å². The molecule has 114 valence electrons. The summed E-state index contributed by atoms with van der Waals surface area (Å²) in [5.74, 6) is 2.31. The maximum atomic E-state index is 11.4. The monoisotopic (exact) mass is 280 g/mol. The van der Waals surface area contributed by atoms with Gasteiger partial charge in [-0.2, -0.15) is 0 Å². The van der Waals surface area contributed by atoms with Crippen molar-refractivity contribution < 1.29 is 4.92 Å². The second-order valence-electron chi connectivity index (χ2n) is 7.55. The summed E-state index contributed by atoms with van der Waals surface area (Å²) in [6, 6.07) is 0.124. The van der Waals surface area contributed by atoms with Crippen LogP contribution in [0.5, 0.6) is 0 Å². The average Bonchev–Trinajstić information content (AvgIpc) is 2.42. The zero-order valence-electron chi connectivity index (χ0n) is 12.4. The van der Waals surface area contributed by atoms with E-state index in [1.807, 2.05) is 0 Å². The predicted octanol–water partition coefficient (Wildman–Crippen LogP) is 3.37. The molecule has 0 amide bonds. The van der Waals surface area contributed by atoms with Crippen LogP contribution in [-0.4, -0.2) is 17.0 Å². The number of hydrogen-bond donors (Lipinski definition) is 1. The Kier molecular flexibility index (Phi) is 4.29. The number of rotatable bonds is 1. The van der Waals surface area contributed by atoms with Gasteiger partial charge in [-0.1, -0.05) is 6.42 Å². The van der Waals surface area contributed by atoms with Crippen LogP contribution in [0.4, 0.5) is 0 Å². The summed E-state index contributed by atoms with van der Waals surface area (Å²) >= 11 is 0. The van der Waals surface area contributed by atoms with Crippen LogP contribution in [0.25, 0.3) is 0 Å². The third-order valence-electron chi connectivity index (χ3n) is 6.38. The van der Waals surface area contributed by atoms with Gasteiger partial charge in [0, 0.05) is 23.3 Å². The van der Waals surface area contributed by atoms with Crippen molar-refractivity contribution in [3.8, 4) is 0 Å². The SMILES string of the molecule is NC1CC2CCC1CCC1CCC(CC2)C([N+](=O)[O-])C1. The Balaban J connectivity index is 1.73. The number of nitrogens with two attached hydrogens (primary N) is 1. The number of hydrogen-bond acceptors (Lipinski definition) is 3. The summed E-state index contributed by atoms with van der Waals surface area (Å²) < 4.78 is 0.